The first kappa shape index (κ1) is 110. The van der Waals surface area contributed by atoms with Gasteiger partial charge in [-0.05, 0) is 322 Å². The van der Waals surface area contributed by atoms with Gasteiger partial charge in [-0.3, -0.25) is 9.59 Å². The molecular weight excluding hydrogens is 1870 g/mol. The minimum Gasteiger partial charge on any atom is -0.478 e. The average molecular weight is 2020 g/mol. The first-order valence-corrected chi connectivity index (χ1v) is 64.7. The van der Waals surface area contributed by atoms with Crippen molar-refractivity contribution < 1.29 is 29.0 Å². The molecule has 16 rings (SSSR count). The Kier molecular flexibility index (Phi) is 34.1. The van der Waals surface area contributed by atoms with Gasteiger partial charge in [-0.2, -0.15) is 0 Å². The van der Waals surface area contributed by atoms with Gasteiger partial charge in [-0.25, -0.2) is 4.79 Å². The van der Waals surface area contributed by atoms with Gasteiger partial charge < -0.3 is 14.6 Å². The molecule has 0 spiro atoms. The first-order valence-electron chi connectivity index (χ1n) is 53.5. The largest absolute Gasteiger partial charge is 0.478 e. The normalized spacial score (nSPS) is 12.2. The van der Waals surface area contributed by atoms with Gasteiger partial charge in [0.05, 0.1) is 5.56 Å². The van der Waals surface area contributed by atoms with E-state index in [1.807, 2.05) is 48.5 Å². The standard InChI is InChI=1S/C51H58O2Si2.C47H56O2Si2.C38H36O2Si/c1-33(2)54(34(3)4,35(5)6)25-23-46-48-28-40-15-13-14-16-41(40)29-49(48)47(24-26-55(36(7)8,37(9)10)38(11)12)51-31-44-27-42(17-18-43(44)30-50(46)51)39-19-21-45(22-20-39)53-32-52;1-31(2)50(32(3)4,33(5)6)25-23-43-42-22-19-40(37-17-20-41(21-18-37)49-30-48)29-45(42)44(24-26-51(34(7)8,35(9)10)36(11)12)47-28-39-16-14-13-15-38(39)27-46(43)47;1-25(2)41(26(3)4,27(5)6)22-21-35-33-14-10-9-13-32(33)34(20-17-28-15-18-29(19-16-28)38(39)40)36-23-30-11-7-8-12-31(30)24-37(35)36/h13-22,27-38H,1-12H3;13-22,27-36H,1-12H3;7-16,18-19,23-27H,1-6H3,(H,39,40). The van der Waals surface area contributed by atoms with Crippen LogP contribution in [-0.2, 0) is 9.59 Å². The Morgan fingerprint density at radius 1 is 0.218 bits per heavy atom. The summed E-state index contributed by atoms with van der Waals surface area (Å²) in [5.74, 6) is 26.6. The number of carboxylic acid groups (broad SMARTS) is 1. The smallest absolute Gasteiger partial charge is 0.335 e. The van der Waals surface area contributed by atoms with Gasteiger partial charge in [0.2, 0.25) is 0 Å². The van der Waals surface area contributed by atoms with E-state index >= 15 is 0 Å². The molecule has 0 aromatic heterocycles. The average Bonchev–Trinajstić information content (AvgIpc) is 0.761. The van der Waals surface area contributed by atoms with Crippen LogP contribution in [0.25, 0.3) is 130 Å². The van der Waals surface area contributed by atoms with E-state index in [-0.39, 0.29) is 5.56 Å². The SMILES string of the molecule is CC(C)[Si](C#Cc1c2cc3ccccc3cc2c(C#C[Si](C(C)C)(C(C)C)C(C)C)c2cc3cc(-c4ccc(OC=O)cc4)ccc3cc12)(C(C)C)C(C)C.CC(C)[Si](C#Cc1c2ccc(-c3ccc(OC=O)cc3)cc2c(C#C[Si](C(C)C)(C(C)C)C(C)C)c2cc3ccccc3cc12)(C(C)C)C(C)C.CC(C)[Si](C#Cc1c2ccccc2c(C#Cc2ccc(C(=O)O)cc2)c2cc3ccccc3cc12)(C(C)C)C(C)C. The van der Waals surface area contributed by atoms with Gasteiger partial charge in [-0.1, -0.05) is 395 Å². The van der Waals surface area contributed by atoms with Crippen LogP contribution in [0.3, 0.4) is 0 Å². The summed E-state index contributed by atoms with van der Waals surface area (Å²) in [6.45, 7) is 72.4. The maximum Gasteiger partial charge on any atom is 0.335 e. The van der Waals surface area contributed by atoms with Crippen LogP contribution in [0.2, 0.25) is 83.1 Å². The van der Waals surface area contributed by atoms with Crippen LogP contribution in [0, 0.1) is 69.2 Å². The topological polar surface area (TPSA) is 89.9 Å². The first-order chi connectivity index (χ1) is 70.0. The Labute approximate surface area is 882 Å². The van der Waals surface area contributed by atoms with Crippen molar-refractivity contribution in [3.8, 4) is 103 Å². The molecule has 0 heterocycles. The molecule has 0 amide bonds. The van der Waals surface area contributed by atoms with Crippen molar-refractivity contribution in [3.05, 3.63) is 299 Å². The predicted octanol–water partition coefficient (Wildman–Crippen LogP) is 37.9. The molecular formula is C136H150O6Si5. The van der Waals surface area contributed by atoms with Crippen LogP contribution in [0.5, 0.6) is 11.5 Å². The number of hydrogen-bond donors (Lipinski definition) is 1. The minimum absolute atomic E-state index is 0.254. The van der Waals surface area contributed by atoms with Gasteiger partial charge in [0.1, 0.15) is 51.9 Å². The van der Waals surface area contributed by atoms with E-state index in [4.69, 9.17) is 9.47 Å². The lowest BCUT2D eigenvalue weighted by Crippen LogP contribution is -2.43. The van der Waals surface area contributed by atoms with Crippen LogP contribution >= 0.6 is 0 Å². The van der Waals surface area contributed by atoms with Crippen molar-refractivity contribution in [1.29, 1.82) is 0 Å². The predicted molar refractivity (Wildman–Crippen MR) is 648 cm³/mol. The zero-order chi connectivity index (χ0) is 106. The molecule has 750 valence electrons. The van der Waals surface area contributed by atoms with Crippen molar-refractivity contribution in [2.75, 3.05) is 0 Å². The molecule has 0 saturated heterocycles. The van der Waals surface area contributed by atoms with Gasteiger partial charge >= 0.3 is 5.97 Å². The molecule has 6 nitrogen and oxygen atoms in total. The summed E-state index contributed by atoms with van der Waals surface area (Å²) in [6, 6.07) is 88.7. The number of aromatic carboxylic acids is 1. The second kappa shape index (κ2) is 45.8. The molecule has 0 aliphatic carbocycles. The summed E-state index contributed by atoms with van der Waals surface area (Å²) >= 11 is 0. The zero-order valence-corrected chi connectivity index (χ0v) is 97.6. The lowest BCUT2D eigenvalue weighted by molar-refractivity contribution is -0.121. The minimum atomic E-state index is -2.06. The lowest BCUT2D eigenvalue weighted by Gasteiger charge is -2.38. The molecule has 0 radical (unpaired) electrons. The van der Waals surface area contributed by atoms with E-state index in [2.05, 4.69) is 459 Å². The molecule has 0 unspecified atom stereocenters. The molecule has 0 atom stereocenters. The Balaban J connectivity index is 0.000000176. The van der Waals surface area contributed by atoms with E-state index in [1.54, 1.807) is 24.3 Å². The van der Waals surface area contributed by atoms with Gasteiger partial charge in [-0.15, -0.1) is 27.7 Å². The van der Waals surface area contributed by atoms with Crippen molar-refractivity contribution in [2.45, 2.75) is 291 Å². The number of carbonyl (C=O) groups excluding carboxylic acids is 2. The molecule has 0 aliphatic rings. The van der Waals surface area contributed by atoms with Crippen molar-refractivity contribution >= 4 is 167 Å². The van der Waals surface area contributed by atoms with E-state index in [1.165, 1.54) is 70.0 Å². The Morgan fingerprint density at radius 3 is 0.687 bits per heavy atom. The van der Waals surface area contributed by atoms with Crippen LogP contribution in [0.1, 0.15) is 257 Å². The van der Waals surface area contributed by atoms with Crippen molar-refractivity contribution in [3.63, 3.8) is 0 Å². The highest BCUT2D eigenvalue weighted by Gasteiger charge is 2.47. The summed E-state index contributed by atoms with van der Waals surface area (Å²) in [5, 5.41) is 32.6. The second-order valence-electron chi connectivity index (χ2n) is 45.6. The van der Waals surface area contributed by atoms with Gasteiger partial charge in [0.15, 0.2) is 0 Å². The monoisotopic (exact) mass is 2020 g/mol. The number of carboxylic acids is 1. The van der Waals surface area contributed by atoms with Crippen LogP contribution < -0.4 is 9.47 Å². The van der Waals surface area contributed by atoms with Crippen LogP contribution in [0.15, 0.2) is 255 Å². The van der Waals surface area contributed by atoms with Gasteiger partial charge in [0, 0.05) is 38.9 Å². The molecule has 16 aromatic rings. The van der Waals surface area contributed by atoms with Crippen LogP contribution in [-0.4, -0.2) is 64.4 Å². The molecule has 0 bridgehead atoms. The third kappa shape index (κ3) is 21.5. The number of hydrogen-bond acceptors (Lipinski definition) is 5. The molecule has 1 N–H and O–H groups in total. The fraction of sp³-hybridized carbons (Fsp3) is 0.331. The fourth-order valence-electron chi connectivity index (χ4n) is 26.0. The Hall–Kier alpha value is -13.0. The summed E-state index contributed by atoms with van der Waals surface area (Å²) in [7, 11) is -10.1. The number of benzene rings is 16. The summed E-state index contributed by atoms with van der Waals surface area (Å²) in [4.78, 5) is 33.2. The molecule has 0 saturated carbocycles. The Bertz CT molecular complexity index is 8000. The highest BCUT2D eigenvalue weighted by atomic mass is 28.3. The van der Waals surface area contributed by atoms with Gasteiger partial charge in [0.25, 0.3) is 12.9 Å². The molecule has 0 fully saturated rings. The lowest BCUT2D eigenvalue weighted by atomic mass is 9.88. The highest BCUT2D eigenvalue weighted by Crippen LogP contribution is 2.50. The molecule has 11 heteroatoms. The molecule has 147 heavy (non-hydrogen) atoms. The number of carbonyl (C=O) groups is 3. The van der Waals surface area contributed by atoms with E-state index in [0.717, 1.165) is 98.9 Å². The molecule has 0 aliphatic heterocycles. The van der Waals surface area contributed by atoms with Crippen molar-refractivity contribution in [2.24, 2.45) is 0 Å². The Morgan fingerprint density at radius 2 is 0.429 bits per heavy atom. The number of ether oxygens (including phenoxy) is 2. The number of fused-ring (bicyclic) bond motifs is 10. The third-order valence-electron chi connectivity index (χ3n) is 33.4. The zero-order valence-electron chi connectivity index (χ0n) is 92.6. The number of rotatable bonds is 22. The molecule has 16 aromatic carbocycles. The maximum absolute atomic E-state index is 11.3. The van der Waals surface area contributed by atoms with E-state index in [0.29, 0.717) is 108 Å². The fourth-order valence-corrected chi connectivity index (χ4v) is 52.0. The summed E-state index contributed by atoms with van der Waals surface area (Å²) < 4.78 is 10.2. The van der Waals surface area contributed by atoms with Crippen molar-refractivity contribution in [1.82, 2.24) is 0 Å². The second-order valence-corrected chi connectivity index (χ2v) is 73.5. The highest BCUT2D eigenvalue weighted by molar-refractivity contribution is 6.93. The quantitative estimate of drug-likeness (QED) is 0.0315. The van der Waals surface area contributed by atoms with E-state index in [9.17, 15) is 19.5 Å². The van der Waals surface area contributed by atoms with Crippen LogP contribution in [0.4, 0.5) is 0 Å². The third-order valence-corrected chi connectivity index (χ3v) is 64.8. The van der Waals surface area contributed by atoms with E-state index < -0.39 is 46.3 Å². The summed E-state index contributed by atoms with van der Waals surface area (Å²) in [6.07, 6.45) is 0. The maximum atomic E-state index is 11.3. The summed E-state index contributed by atoms with van der Waals surface area (Å²) in [5.41, 5.74) is 40.2.